The van der Waals surface area contributed by atoms with E-state index >= 15 is 0 Å². The van der Waals surface area contributed by atoms with Gasteiger partial charge >= 0.3 is 0 Å². The van der Waals surface area contributed by atoms with Crippen LogP contribution in [0.3, 0.4) is 0 Å². The van der Waals surface area contributed by atoms with E-state index in [1.54, 1.807) is 47.4 Å². The monoisotopic (exact) mass is 401 g/mol. The van der Waals surface area contributed by atoms with E-state index in [4.69, 9.17) is 4.74 Å². The molecule has 4 rings (SSSR count). The summed E-state index contributed by atoms with van der Waals surface area (Å²) in [5, 5.41) is 11.4. The van der Waals surface area contributed by atoms with Crippen molar-refractivity contribution in [3.8, 4) is 5.75 Å². The van der Waals surface area contributed by atoms with E-state index in [0.717, 1.165) is 5.56 Å². The van der Waals surface area contributed by atoms with Crippen LogP contribution in [-0.2, 0) is 16.9 Å². The molecule has 1 N–H and O–H groups in total. The molecule has 0 aliphatic carbocycles. The summed E-state index contributed by atoms with van der Waals surface area (Å²) >= 11 is 0. The Balaban J connectivity index is 1.62. The van der Waals surface area contributed by atoms with E-state index in [2.05, 4.69) is 0 Å². The highest BCUT2D eigenvalue weighted by molar-refractivity contribution is 6.10. The lowest BCUT2D eigenvalue weighted by molar-refractivity contribution is -0.136. The molecule has 0 saturated carbocycles. The van der Waals surface area contributed by atoms with Gasteiger partial charge in [0, 0.05) is 11.1 Å². The summed E-state index contributed by atoms with van der Waals surface area (Å²) in [5.41, 5.74) is 0.584. The Bertz CT molecular complexity index is 1060. The van der Waals surface area contributed by atoms with Crippen LogP contribution in [-0.4, -0.2) is 23.4 Å². The zero-order valence-electron chi connectivity index (χ0n) is 16.7. The van der Waals surface area contributed by atoms with Gasteiger partial charge in [-0.2, -0.15) is 0 Å². The smallest absolute Gasteiger partial charge is 0.264 e. The first kappa shape index (κ1) is 19.9. The highest BCUT2D eigenvalue weighted by Gasteiger charge is 2.50. The van der Waals surface area contributed by atoms with Crippen molar-refractivity contribution in [2.75, 3.05) is 11.5 Å². The molecule has 0 aromatic heterocycles. The average Bonchev–Trinajstić information content (AvgIpc) is 2.97. The van der Waals surface area contributed by atoms with Gasteiger partial charge in [0.05, 0.1) is 25.3 Å². The second-order valence-corrected chi connectivity index (χ2v) is 7.31. The summed E-state index contributed by atoms with van der Waals surface area (Å²) in [6.45, 7) is 2.75. The number of rotatable bonds is 7. The Morgan fingerprint density at radius 3 is 2.33 bits per heavy atom. The molecule has 0 radical (unpaired) electrons. The fourth-order valence-electron chi connectivity index (χ4n) is 3.84. The molecule has 1 aliphatic rings. The van der Waals surface area contributed by atoms with Crippen molar-refractivity contribution in [2.24, 2.45) is 0 Å². The fourth-order valence-corrected chi connectivity index (χ4v) is 3.84. The molecule has 30 heavy (non-hydrogen) atoms. The highest BCUT2D eigenvalue weighted by Crippen LogP contribution is 2.43. The molecule has 1 heterocycles. The number of carbonyl (C=O) groups is 2. The quantitative estimate of drug-likeness (QED) is 0.606. The molecule has 5 heteroatoms. The van der Waals surface area contributed by atoms with Crippen LogP contribution in [0.25, 0.3) is 0 Å². The molecule has 1 aliphatic heterocycles. The number of nitrogens with zero attached hydrogens (tertiary/aromatic N) is 1. The number of anilines is 1. The molecule has 0 bridgehead atoms. The molecule has 5 nitrogen and oxygen atoms in total. The third-order valence-electron chi connectivity index (χ3n) is 5.33. The largest absolute Gasteiger partial charge is 0.494 e. The van der Waals surface area contributed by atoms with Gasteiger partial charge < -0.3 is 14.7 Å². The molecule has 0 spiro atoms. The number of carbonyl (C=O) groups excluding carboxylic acids is 2. The van der Waals surface area contributed by atoms with Gasteiger partial charge in [0.1, 0.15) is 5.75 Å². The molecular formula is C25H23NO4. The summed E-state index contributed by atoms with van der Waals surface area (Å²) in [5.74, 6) is -0.110. The number of benzene rings is 3. The minimum Gasteiger partial charge on any atom is -0.494 e. The lowest BCUT2D eigenvalue weighted by atomic mass is 9.88. The maximum atomic E-state index is 13.3. The SMILES string of the molecule is CCOc1ccc(C(=O)CC2(O)C(=O)N(Cc3ccccc3)c3ccccc32)cc1. The van der Waals surface area contributed by atoms with Gasteiger partial charge in [-0.3, -0.25) is 9.59 Å². The van der Waals surface area contributed by atoms with Crippen molar-refractivity contribution in [1.29, 1.82) is 0 Å². The second kappa shape index (κ2) is 8.13. The first-order valence-electron chi connectivity index (χ1n) is 9.97. The first-order valence-corrected chi connectivity index (χ1v) is 9.97. The van der Waals surface area contributed by atoms with Crippen LogP contribution in [0.2, 0.25) is 0 Å². The van der Waals surface area contributed by atoms with Crippen LogP contribution in [0.1, 0.15) is 34.8 Å². The number of ether oxygens (including phenoxy) is 1. The topological polar surface area (TPSA) is 66.8 Å². The second-order valence-electron chi connectivity index (χ2n) is 7.31. The fraction of sp³-hybridized carbons (Fsp3) is 0.200. The van der Waals surface area contributed by atoms with Crippen molar-refractivity contribution < 1.29 is 19.4 Å². The summed E-state index contributed by atoms with van der Waals surface area (Å²) in [7, 11) is 0. The molecule has 0 fully saturated rings. The van der Waals surface area contributed by atoms with E-state index in [1.165, 1.54) is 0 Å². The van der Waals surface area contributed by atoms with E-state index in [0.29, 0.717) is 35.7 Å². The summed E-state index contributed by atoms with van der Waals surface area (Å²) in [4.78, 5) is 27.8. The zero-order chi connectivity index (χ0) is 21.1. The molecule has 3 aromatic rings. The molecule has 1 unspecified atom stereocenters. The zero-order valence-corrected chi connectivity index (χ0v) is 16.7. The standard InChI is InChI=1S/C25H23NO4/c1-2-30-20-14-12-19(13-15-20)23(27)16-25(29)21-10-6-7-11-22(21)26(24(25)28)17-18-8-4-3-5-9-18/h3-15,29H,2,16-17H2,1H3. The Kier molecular flexibility index (Phi) is 5.38. The Labute approximate surface area is 175 Å². The van der Waals surface area contributed by atoms with Crippen LogP contribution < -0.4 is 9.64 Å². The third-order valence-corrected chi connectivity index (χ3v) is 5.33. The van der Waals surface area contributed by atoms with Crippen molar-refractivity contribution in [2.45, 2.75) is 25.5 Å². The van der Waals surface area contributed by atoms with E-state index in [9.17, 15) is 14.7 Å². The number of para-hydroxylation sites is 1. The van der Waals surface area contributed by atoms with Crippen molar-refractivity contribution >= 4 is 17.4 Å². The number of Topliss-reactive ketones (excluding diaryl/α,β-unsaturated/α-hetero) is 1. The Morgan fingerprint density at radius 1 is 0.967 bits per heavy atom. The Hall–Kier alpha value is -3.44. The normalized spacial score (nSPS) is 17.7. The molecule has 1 amide bonds. The minimum absolute atomic E-state index is 0.301. The average molecular weight is 401 g/mol. The maximum Gasteiger partial charge on any atom is 0.264 e. The van der Waals surface area contributed by atoms with E-state index < -0.39 is 11.5 Å². The van der Waals surface area contributed by atoms with Gasteiger partial charge in [-0.05, 0) is 42.8 Å². The summed E-state index contributed by atoms with van der Waals surface area (Å²) in [6, 6.07) is 23.4. The summed E-state index contributed by atoms with van der Waals surface area (Å²) in [6.07, 6.45) is -0.317. The van der Waals surface area contributed by atoms with Gasteiger partial charge in [-0.1, -0.05) is 48.5 Å². The summed E-state index contributed by atoms with van der Waals surface area (Å²) < 4.78 is 5.41. The van der Waals surface area contributed by atoms with Crippen LogP contribution in [0.15, 0.2) is 78.9 Å². The number of aliphatic hydroxyl groups is 1. The molecule has 3 aromatic carbocycles. The predicted octanol–water partition coefficient (Wildman–Crippen LogP) is 4.09. The molecule has 152 valence electrons. The maximum absolute atomic E-state index is 13.3. The van der Waals surface area contributed by atoms with Crippen molar-refractivity contribution in [1.82, 2.24) is 0 Å². The molecular weight excluding hydrogens is 378 g/mol. The number of hydrogen-bond donors (Lipinski definition) is 1. The first-order chi connectivity index (χ1) is 14.5. The molecule has 0 saturated heterocycles. The van der Waals surface area contributed by atoms with Crippen LogP contribution >= 0.6 is 0 Å². The number of amides is 1. The van der Waals surface area contributed by atoms with Gasteiger partial charge in [-0.25, -0.2) is 0 Å². The van der Waals surface area contributed by atoms with E-state index in [-0.39, 0.29) is 12.2 Å². The number of hydrogen-bond acceptors (Lipinski definition) is 4. The van der Waals surface area contributed by atoms with Crippen molar-refractivity contribution in [3.63, 3.8) is 0 Å². The van der Waals surface area contributed by atoms with Gasteiger partial charge in [-0.15, -0.1) is 0 Å². The lowest BCUT2D eigenvalue weighted by Gasteiger charge is -2.23. The van der Waals surface area contributed by atoms with Gasteiger partial charge in [0.2, 0.25) is 0 Å². The molecule has 1 atom stereocenters. The highest BCUT2D eigenvalue weighted by atomic mass is 16.5. The van der Waals surface area contributed by atoms with E-state index in [1.807, 2.05) is 43.3 Å². The number of ketones is 1. The van der Waals surface area contributed by atoms with Crippen LogP contribution in [0.4, 0.5) is 5.69 Å². The Morgan fingerprint density at radius 2 is 1.63 bits per heavy atom. The predicted molar refractivity (Wildman–Crippen MR) is 115 cm³/mol. The lowest BCUT2D eigenvalue weighted by Crippen LogP contribution is -2.41. The van der Waals surface area contributed by atoms with Crippen LogP contribution in [0, 0.1) is 0 Å². The minimum atomic E-state index is -1.89. The number of fused-ring (bicyclic) bond motifs is 1. The van der Waals surface area contributed by atoms with Gasteiger partial charge in [0.15, 0.2) is 11.4 Å². The third kappa shape index (κ3) is 3.60. The van der Waals surface area contributed by atoms with Gasteiger partial charge in [0.25, 0.3) is 5.91 Å². The van der Waals surface area contributed by atoms with Crippen molar-refractivity contribution in [3.05, 3.63) is 95.6 Å². The van der Waals surface area contributed by atoms with Crippen LogP contribution in [0.5, 0.6) is 5.75 Å².